The van der Waals surface area contributed by atoms with Gasteiger partial charge in [0.25, 0.3) is 0 Å². The van der Waals surface area contributed by atoms with Crippen molar-refractivity contribution in [3.05, 3.63) is 400 Å². The van der Waals surface area contributed by atoms with Crippen molar-refractivity contribution in [3.63, 3.8) is 0 Å². The molecule has 17 aromatic carbocycles. The van der Waals surface area contributed by atoms with Crippen molar-refractivity contribution in [2.24, 2.45) is 0 Å². The number of rotatable bonds is 16. The number of nitrogens with zero attached hydrogens (tertiary/aromatic N) is 4. The molecule has 0 aliphatic heterocycles. The number of aromatic nitrogens is 2. The van der Waals surface area contributed by atoms with Crippen LogP contribution in [0.2, 0.25) is 0 Å². The predicted octanol–water partition coefficient (Wildman–Crippen LogP) is 29.4. The standard InChI is InChI=1S/C104H66N4O4/c1-7-21-67(22-8-1)70-41-48-82(49-42-70)107(86-52-55-87(90(62-86)73-27-13-4-14-28-73)81-46-54-89-93-64-101-94(65-100(93)110-98(89)61-81)105-103(111-101)75-31-17-6-18-32-75)84-35-19-34-78(57-84)72-37-39-76(40-38-72)104-106-95-66-99-92(63-102(95)112-104)88-53-45-80(60-97(88)109-99)79-47-56-96(91(59-79)74-29-15-5-16-30-74)108(83-50-43-71(44-51-83)68-23-9-2-10-24-68)85-36-20-33-77(58-85)69-25-11-3-12-26-69/h1-66H. The van der Waals surface area contributed by atoms with Gasteiger partial charge in [-0.3, -0.25) is 0 Å². The fourth-order valence-electron chi connectivity index (χ4n) is 15.9. The third-order valence-corrected chi connectivity index (χ3v) is 21.5. The minimum atomic E-state index is 0.533. The second kappa shape index (κ2) is 27.6. The highest BCUT2D eigenvalue weighted by Crippen LogP contribution is 2.48. The van der Waals surface area contributed by atoms with Crippen molar-refractivity contribution in [2.45, 2.75) is 0 Å². The van der Waals surface area contributed by atoms with E-state index in [0.717, 1.165) is 184 Å². The molecule has 0 amide bonds. The lowest BCUT2D eigenvalue weighted by Gasteiger charge is -2.29. The molecule has 21 rings (SSSR count). The van der Waals surface area contributed by atoms with Gasteiger partial charge in [-0.1, -0.05) is 255 Å². The van der Waals surface area contributed by atoms with Gasteiger partial charge in [0.1, 0.15) is 33.4 Å². The largest absolute Gasteiger partial charge is 0.456 e. The Kier molecular flexibility index (Phi) is 16.1. The number of fused-ring (bicyclic) bond motifs is 8. The van der Waals surface area contributed by atoms with Gasteiger partial charge in [-0.25, -0.2) is 9.97 Å². The summed E-state index contributed by atoms with van der Waals surface area (Å²) in [7, 11) is 0. The van der Waals surface area contributed by atoms with E-state index in [1.165, 1.54) is 5.56 Å². The van der Waals surface area contributed by atoms with Gasteiger partial charge in [0.05, 0.1) is 5.69 Å². The summed E-state index contributed by atoms with van der Waals surface area (Å²) in [4.78, 5) is 14.7. The van der Waals surface area contributed by atoms with E-state index in [0.29, 0.717) is 22.9 Å². The van der Waals surface area contributed by atoms with Gasteiger partial charge < -0.3 is 27.5 Å². The zero-order valence-corrected chi connectivity index (χ0v) is 60.5. The second-order valence-corrected chi connectivity index (χ2v) is 28.4. The van der Waals surface area contributed by atoms with Crippen LogP contribution in [0.25, 0.3) is 178 Å². The molecule has 112 heavy (non-hydrogen) atoms. The molecule has 0 bridgehead atoms. The van der Waals surface area contributed by atoms with Gasteiger partial charge in [0, 0.05) is 78.8 Å². The molecule has 0 N–H and O–H groups in total. The van der Waals surface area contributed by atoms with Crippen molar-refractivity contribution in [2.75, 3.05) is 9.80 Å². The summed E-state index contributed by atoms with van der Waals surface area (Å²) in [5.41, 5.74) is 31.6. The van der Waals surface area contributed by atoms with Crippen LogP contribution in [0, 0.1) is 0 Å². The SMILES string of the molecule is c1ccc(-c2ccc(N(c3cccc(-c4ccc(-c5nc6cc7oc8cc(-c9ccc(N(c%10ccc(-c%11ccccc%11)cc%10)c%10cccc(-c%11ccccc%11)c%10)c(-c%10ccccc%10)c9)ccc8c7cc6o5)cc4)c3)c3ccc(-c4ccc5c(c4)oc4cc6nc(-c7ccccc7)oc6cc45)c(-c4ccccc4)c3)cc2)cc1. The first-order valence-electron chi connectivity index (χ1n) is 37.7. The fourth-order valence-corrected chi connectivity index (χ4v) is 15.9. The van der Waals surface area contributed by atoms with Crippen LogP contribution >= 0.6 is 0 Å². The topological polar surface area (TPSA) is 84.8 Å². The molecule has 0 aliphatic carbocycles. The van der Waals surface area contributed by atoms with Crippen molar-refractivity contribution < 1.29 is 17.7 Å². The van der Waals surface area contributed by atoms with E-state index in [4.69, 9.17) is 27.6 Å². The molecule has 0 unspecified atom stereocenters. The minimum absolute atomic E-state index is 0.533. The number of benzene rings is 17. The number of anilines is 6. The van der Waals surface area contributed by atoms with Crippen LogP contribution in [-0.2, 0) is 0 Å². The smallest absolute Gasteiger partial charge is 0.227 e. The maximum atomic E-state index is 6.78. The molecule has 0 spiro atoms. The highest BCUT2D eigenvalue weighted by molar-refractivity contribution is 6.11. The quantitative estimate of drug-likeness (QED) is 0.0946. The summed E-state index contributed by atoms with van der Waals surface area (Å²) in [6.45, 7) is 0. The van der Waals surface area contributed by atoms with Crippen LogP contribution in [0.3, 0.4) is 0 Å². The van der Waals surface area contributed by atoms with E-state index in [9.17, 15) is 0 Å². The summed E-state index contributed by atoms with van der Waals surface area (Å²) in [6.07, 6.45) is 0. The second-order valence-electron chi connectivity index (χ2n) is 28.4. The average molecular weight is 1440 g/mol. The van der Waals surface area contributed by atoms with E-state index < -0.39 is 0 Å². The molecule has 0 saturated heterocycles. The van der Waals surface area contributed by atoms with Crippen molar-refractivity contribution in [3.8, 4) is 112 Å². The van der Waals surface area contributed by atoms with Crippen molar-refractivity contribution in [1.82, 2.24) is 9.97 Å². The average Bonchev–Trinajstić information content (AvgIpc) is 1.56. The molecule has 0 fully saturated rings. The summed E-state index contributed by atoms with van der Waals surface area (Å²) in [5.74, 6) is 1.12. The maximum Gasteiger partial charge on any atom is 0.227 e. The highest BCUT2D eigenvalue weighted by Gasteiger charge is 2.24. The Hall–Kier alpha value is -15.1. The van der Waals surface area contributed by atoms with Gasteiger partial charge in [-0.15, -0.1) is 0 Å². The molecule has 526 valence electrons. The Labute approximate surface area is 645 Å². The first-order chi connectivity index (χ1) is 55.4. The molecule has 8 heteroatoms. The Morgan fingerprint density at radius 2 is 0.509 bits per heavy atom. The number of hydrogen-bond acceptors (Lipinski definition) is 8. The van der Waals surface area contributed by atoms with Crippen LogP contribution in [0.5, 0.6) is 0 Å². The normalized spacial score (nSPS) is 11.6. The molecule has 4 heterocycles. The third kappa shape index (κ3) is 12.1. The molecule has 0 atom stereocenters. The summed E-state index contributed by atoms with van der Waals surface area (Å²) in [5, 5.41) is 3.94. The van der Waals surface area contributed by atoms with E-state index in [-0.39, 0.29) is 0 Å². The van der Waals surface area contributed by atoms with Crippen LogP contribution in [-0.4, -0.2) is 9.97 Å². The number of hydrogen-bond donors (Lipinski definition) is 0. The van der Waals surface area contributed by atoms with Crippen LogP contribution in [0.15, 0.2) is 418 Å². The third-order valence-electron chi connectivity index (χ3n) is 21.5. The first-order valence-corrected chi connectivity index (χ1v) is 37.7. The molecule has 0 radical (unpaired) electrons. The Morgan fingerprint density at radius 1 is 0.170 bits per heavy atom. The van der Waals surface area contributed by atoms with Gasteiger partial charge in [-0.2, -0.15) is 0 Å². The number of furan rings is 2. The molecule has 4 aromatic heterocycles. The van der Waals surface area contributed by atoms with Gasteiger partial charge in [-0.05, 0) is 217 Å². The minimum Gasteiger partial charge on any atom is -0.456 e. The predicted molar refractivity (Wildman–Crippen MR) is 460 cm³/mol. The molecule has 0 saturated carbocycles. The number of oxazole rings is 2. The highest BCUT2D eigenvalue weighted by atomic mass is 16.4. The van der Waals surface area contributed by atoms with E-state index >= 15 is 0 Å². The lowest BCUT2D eigenvalue weighted by molar-refractivity contribution is 0.619. The maximum absolute atomic E-state index is 6.78. The molecule has 8 nitrogen and oxygen atoms in total. The Morgan fingerprint density at radius 3 is 1.04 bits per heavy atom. The molecular weight excluding hydrogens is 1370 g/mol. The van der Waals surface area contributed by atoms with Gasteiger partial charge in [0.2, 0.25) is 11.8 Å². The zero-order valence-electron chi connectivity index (χ0n) is 60.5. The molecule has 0 aliphatic rings. The summed E-state index contributed by atoms with van der Waals surface area (Å²) < 4.78 is 26.4. The van der Waals surface area contributed by atoms with Crippen LogP contribution < -0.4 is 9.80 Å². The summed E-state index contributed by atoms with van der Waals surface area (Å²) >= 11 is 0. The molecule has 21 aromatic rings. The zero-order chi connectivity index (χ0) is 74.0. The molecular formula is C104H66N4O4. The van der Waals surface area contributed by atoms with Gasteiger partial charge in [0.15, 0.2) is 11.2 Å². The fraction of sp³-hybridized carbons (Fsp3) is 0. The first kappa shape index (κ1) is 65.2. The summed E-state index contributed by atoms with van der Waals surface area (Å²) in [6, 6.07) is 142. The monoisotopic (exact) mass is 1430 g/mol. The Balaban J connectivity index is 0.587. The lowest BCUT2D eigenvalue weighted by atomic mass is 9.93. The van der Waals surface area contributed by atoms with Crippen molar-refractivity contribution in [1.29, 1.82) is 0 Å². The Bertz CT molecular complexity index is 7080. The van der Waals surface area contributed by atoms with E-state index in [2.05, 4.69) is 362 Å². The van der Waals surface area contributed by atoms with E-state index in [1.807, 2.05) is 48.5 Å². The lowest BCUT2D eigenvalue weighted by Crippen LogP contribution is -2.11. The van der Waals surface area contributed by atoms with E-state index in [1.54, 1.807) is 0 Å². The van der Waals surface area contributed by atoms with Crippen LogP contribution in [0.4, 0.5) is 34.1 Å². The van der Waals surface area contributed by atoms with Crippen molar-refractivity contribution >= 4 is 100 Å². The van der Waals surface area contributed by atoms with Crippen LogP contribution in [0.1, 0.15) is 0 Å². The van der Waals surface area contributed by atoms with Gasteiger partial charge >= 0.3 is 0 Å².